The molecule has 172 valence electrons. The summed E-state index contributed by atoms with van der Waals surface area (Å²) in [6, 6.07) is 12.8. The minimum Gasteiger partial charge on any atom is -0.492 e. The fourth-order valence-corrected chi connectivity index (χ4v) is 3.74. The largest absolute Gasteiger partial charge is 0.492 e. The lowest BCUT2D eigenvalue weighted by Gasteiger charge is -2.25. The lowest BCUT2D eigenvalue weighted by atomic mass is 9.96. The number of nitrogen functional groups attached to an aromatic ring is 1. The molecule has 0 saturated heterocycles. The fraction of sp³-hybridized carbons (Fsp3) is 0.292. The molecule has 0 bridgehead atoms. The van der Waals surface area contributed by atoms with Gasteiger partial charge >= 0.3 is 0 Å². The predicted molar refractivity (Wildman–Crippen MR) is 129 cm³/mol. The van der Waals surface area contributed by atoms with Crippen molar-refractivity contribution in [2.45, 2.75) is 6.42 Å². The van der Waals surface area contributed by atoms with E-state index >= 15 is 0 Å². The first-order valence-corrected chi connectivity index (χ1v) is 11.0. The Bertz CT molecular complexity index is 1150. The van der Waals surface area contributed by atoms with Gasteiger partial charge in [0.05, 0.1) is 17.3 Å². The quantitative estimate of drug-likeness (QED) is 0.548. The average molecular weight is 468 g/mol. The number of anilines is 2. The number of amides is 1. The van der Waals surface area contributed by atoms with Crippen molar-refractivity contribution < 1.29 is 14.3 Å². The van der Waals surface area contributed by atoms with Gasteiger partial charge in [0.2, 0.25) is 11.9 Å². The number of ether oxygens (including phenoxy) is 2. The number of nitrogens with two attached hydrogens (primary N) is 1. The number of carbonyl (C=O) groups is 1. The molecule has 1 amide bonds. The summed E-state index contributed by atoms with van der Waals surface area (Å²) in [5.74, 6) is 1.03. The Hall–Kier alpha value is -3.36. The van der Waals surface area contributed by atoms with E-state index < -0.39 is 0 Å². The van der Waals surface area contributed by atoms with E-state index in [9.17, 15) is 4.79 Å². The topological polar surface area (TPSA) is 103 Å². The highest BCUT2D eigenvalue weighted by Gasteiger charge is 2.27. The first-order chi connectivity index (χ1) is 15.9. The average Bonchev–Trinajstić information content (AvgIpc) is 2.79. The van der Waals surface area contributed by atoms with E-state index in [0.717, 1.165) is 23.4 Å². The third-order valence-electron chi connectivity index (χ3n) is 5.31. The summed E-state index contributed by atoms with van der Waals surface area (Å²) in [6.45, 7) is 1.49. The van der Waals surface area contributed by atoms with Crippen LogP contribution in [0.25, 0.3) is 11.3 Å². The van der Waals surface area contributed by atoms with Crippen LogP contribution in [0.2, 0.25) is 5.02 Å². The van der Waals surface area contributed by atoms with Gasteiger partial charge in [-0.15, -0.1) is 0 Å². The van der Waals surface area contributed by atoms with Crippen LogP contribution in [0.5, 0.6) is 11.5 Å². The second-order valence-corrected chi connectivity index (χ2v) is 8.55. The molecule has 3 N–H and O–H groups in total. The normalized spacial score (nSPS) is 15.0. The van der Waals surface area contributed by atoms with Crippen molar-refractivity contribution >= 4 is 29.1 Å². The number of likely N-dealkylation sites (N-methyl/N-ethyl adjacent to an activating group) is 1. The summed E-state index contributed by atoms with van der Waals surface area (Å²) in [4.78, 5) is 23.3. The molecule has 4 rings (SSSR count). The van der Waals surface area contributed by atoms with Crippen molar-refractivity contribution in [3.05, 3.63) is 59.2 Å². The van der Waals surface area contributed by atoms with Crippen LogP contribution in [0.15, 0.2) is 48.7 Å². The highest BCUT2D eigenvalue weighted by molar-refractivity contribution is 6.30. The van der Waals surface area contributed by atoms with Crippen molar-refractivity contribution in [3.8, 4) is 22.8 Å². The molecule has 1 atom stereocenters. The molecule has 33 heavy (non-hydrogen) atoms. The molecule has 8 nitrogen and oxygen atoms in total. The number of hydrogen-bond acceptors (Lipinski definition) is 7. The van der Waals surface area contributed by atoms with Crippen molar-refractivity contribution in [2.24, 2.45) is 5.92 Å². The van der Waals surface area contributed by atoms with Gasteiger partial charge in [0.25, 0.3) is 0 Å². The number of carbonyl (C=O) groups excluding carboxylic acids is 1. The molecule has 9 heteroatoms. The number of halogens is 1. The molecule has 1 aromatic heterocycles. The van der Waals surface area contributed by atoms with Crippen LogP contribution < -0.4 is 20.5 Å². The summed E-state index contributed by atoms with van der Waals surface area (Å²) in [5.41, 5.74) is 8.73. The zero-order valence-corrected chi connectivity index (χ0v) is 19.3. The number of fused-ring (bicyclic) bond motifs is 1. The molecule has 0 radical (unpaired) electrons. The zero-order chi connectivity index (χ0) is 23.4. The minimum atomic E-state index is -0.341. The van der Waals surface area contributed by atoms with Crippen molar-refractivity contribution in [2.75, 3.05) is 44.9 Å². The van der Waals surface area contributed by atoms with Crippen molar-refractivity contribution in [1.29, 1.82) is 0 Å². The third-order valence-corrected chi connectivity index (χ3v) is 5.54. The van der Waals surface area contributed by atoms with Gasteiger partial charge in [0.15, 0.2) is 0 Å². The number of nitrogens with zero attached hydrogens (tertiary/aromatic N) is 3. The Balaban J connectivity index is 1.54. The number of benzene rings is 2. The molecule has 1 aliphatic rings. The Labute approximate surface area is 197 Å². The highest BCUT2D eigenvalue weighted by Crippen LogP contribution is 2.33. The van der Waals surface area contributed by atoms with Crippen LogP contribution >= 0.6 is 11.6 Å². The van der Waals surface area contributed by atoms with Gasteiger partial charge in [-0.1, -0.05) is 17.7 Å². The first-order valence-electron chi connectivity index (χ1n) is 10.6. The summed E-state index contributed by atoms with van der Waals surface area (Å²) in [6.07, 6.45) is 2.16. The number of rotatable bonds is 7. The number of aromatic nitrogens is 2. The van der Waals surface area contributed by atoms with E-state index in [4.69, 9.17) is 26.8 Å². The molecular weight excluding hydrogens is 442 g/mol. The maximum absolute atomic E-state index is 13.1. The Morgan fingerprint density at radius 3 is 2.91 bits per heavy atom. The molecule has 0 aliphatic carbocycles. The summed E-state index contributed by atoms with van der Waals surface area (Å²) < 4.78 is 11.8. The monoisotopic (exact) mass is 467 g/mol. The molecule has 0 unspecified atom stereocenters. The van der Waals surface area contributed by atoms with Gasteiger partial charge in [-0.05, 0) is 62.5 Å². The first kappa shape index (κ1) is 22.8. The van der Waals surface area contributed by atoms with Gasteiger partial charge < -0.3 is 25.4 Å². The van der Waals surface area contributed by atoms with E-state index in [1.165, 1.54) is 0 Å². The third kappa shape index (κ3) is 5.71. The Kier molecular flexibility index (Phi) is 6.96. The van der Waals surface area contributed by atoms with Crippen LogP contribution in [-0.4, -0.2) is 54.6 Å². The highest BCUT2D eigenvalue weighted by atomic mass is 35.5. The lowest BCUT2D eigenvalue weighted by Crippen LogP contribution is -2.32. The van der Waals surface area contributed by atoms with Crippen LogP contribution in [0, 0.1) is 5.92 Å². The molecule has 0 saturated carbocycles. The summed E-state index contributed by atoms with van der Waals surface area (Å²) >= 11 is 6.11. The number of hydrogen-bond donors (Lipinski definition) is 2. The Morgan fingerprint density at radius 1 is 1.27 bits per heavy atom. The summed E-state index contributed by atoms with van der Waals surface area (Å²) in [5, 5.41) is 3.63. The van der Waals surface area contributed by atoms with Gasteiger partial charge in [0, 0.05) is 23.3 Å². The van der Waals surface area contributed by atoms with Crippen molar-refractivity contribution in [1.82, 2.24) is 14.9 Å². The van der Waals surface area contributed by atoms with E-state index in [1.54, 1.807) is 18.3 Å². The maximum Gasteiger partial charge on any atom is 0.231 e. The summed E-state index contributed by atoms with van der Waals surface area (Å²) in [7, 11) is 3.94. The van der Waals surface area contributed by atoms with Gasteiger partial charge in [-0.25, -0.2) is 9.97 Å². The molecule has 2 heterocycles. The second-order valence-electron chi connectivity index (χ2n) is 8.12. The molecule has 0 fully saturated rings. The standard InChI is InChI=1S/C24H26ClN5O3/c1-30(2)9-10-32-22-13-15(19-7-8-27-24(26)29-19)3-5-20(22)28-23(31)17-11-16-12-18(25)4-6-21(16)33-14-17/h3-8,12-13,17H,9-11,14H2,1-2H3,(H,28,31)(H2,26,27,29)/t17-/m0/s1. The maximum atomic E-state index is 13.1. The zero-order valence-electron chi connectivity index (χ0n) is 18.5. The van der Waals surface area contributed by atoms with E-state index in [-0.39, 0.29) is 17.8 Å². The Morgan fingerprint density at radius 2 is 2.12 bits per heavy atom. The van der Waals surface area contributed by atoms with Crippen LogP contribution in [0.4, 0.5) is 11.6 Å². The SMILES string of the molecule is CN(C)CCOc1cc(-c2ccnc(N)n2)ccc1NC(=O)[C@@H]1COc2ccc(Cl)cc2C1. The van der Waals surface area contributed by atoms with Crippen LogP contribution in [0.1, 0.15) is 5.56 Å². The minimum absolute atomic E-state index is 0.142. The molecule has 0 spiro atoms. The van der Waals surface area contributed by atoms with E-state index in [1.807, 2.05) is 49.3 Å². The van der Waals surface area contributed by atoms with Crippen LogP contribution in [-0.2, 0) is 11.2 Å². The van der Waals surface area contributed by atoms with Gasteiger partial charge in [-0.2, -0.15) is 0 Å². The molecular formula is C24H26ClN5O3. The van der Waals surface area contributed by atoms with E-state index in [0.29, 0.717) is 41.8 Å². The van der Waals surface area contributed by atoms with Gasteiger partial charge in [0.1, 0.15) is 24.7 Å². The lowest BCUT2D eigenvalue weighted by molar-refractivity contribution is -0.121. The predicted octanol–water partition coefficient (Wildman–Crippen LogP) is 3.51. The number of nitrogens with one attached hydrogen (secondary N) is 1. The van der Waals surface area contributed by atoms with Crippen molar-refractivity contribution in [3.63, 3.8) is 0 Å². The fourth-order valence-electron chi connectivity index (χ4n) is 3.54. The van der Waals surface area contributed by atoms with E-state index in [2.05, 4.69) is 15.3 Å². The smallest absolute Gasteiger partial charge is 0.231 e. The molecule has 1 aliphatic heterocycles. The van der Waals surface area contributed by atoms with Crippen LogP contribution in [0.3, 0.4) is 0 Å². The second kappa shape index (κ2) is 10.1. The van der Waals surface area contributed by atoms with Gasteiger partial charge in [-0.3, -0.25) is 4.79 Å². The molecule has 3 aromatic rings. The molecule has 2 aromatic carbocycles.